The zero-order valence-electron chi connectivity index (χ0n) is 5.56. The van der Waals surface area contributed by atoms with Crippen molar-refractivity contribution in [3.8, 4) is 0 Å². The molecule has 1 N–H and O–H groups in total. The van der Waals surface area contributed by atoms with Gasteiger partial charge in [-0.1, -0.05) is 18.2 Å². The Kier molecular flexibility index (Phi) is 2.41. The van der Waals surface area contributed by atoms with E-state index >= 15 is 0 Å². The highest BCUT2D eigenvalue weighted by molar-refractivity contribution is 8.64. The van der Waals surface area contributed by atoms with E-state index in [-0.39, 0.29) is 0 Å². The number of anilines is 1. The fourth-order valence-electron chi connectivity index (χ4n) is 0.655. The Hall–Kier alpha value is -0.680. The normalized spacial score (nSPS) is 11.0. The molecule has 60 valence electrons. The van der Waals surface area contributed by atoms with Gasteiger partial charge in [-0.2, -0.15) is 8.42 Å². The van der Waals surface area contributed by atoms with Crippen molar-refractivity contribution in [2.75, 3.05) is 4.72 Å². The molecule has 0 aliphatic rings. The summed E-state index contributed by atoms with van der Waals surface area (Å²) >= 11 is 3.33. The summed E-state index contributed by atoms with van der Waals surface area (Å²) in [6.45, 7) is 0. The maximum atomic E-state index is 10.6. The summed E-state index contributed by atoms with van der Waals surface area (Å²) < 4.78 is 23.3. The van der Waals surface area contributed by atoms with E-state index in [1.54, 1.807) is 30.3 Å². The van der Waals surface area contributed by atoms with Gasteiger partial charge < -0.3 is 0 Å². The van der Waals surface area contributed by atoms with E-state index in [2.05, 4.69) is 16.4 Å². The third-order valence-corrected chi connectivity index (χ3v) is 1.79. The van der Waals surface area contributed by atoms with Crippen LogP contribution in [0.3, 0.4) is 0 Å². The van der Waals surface area contributed by atoms with Gasteiger partial charge in [-0.3, -0.25) is 4.72 Å². The number of hydrogen-bond donors (Lipinski definition) is 2. The number of nitrogens with one attached hydrogen (secondary N) is 1. The van der Waals surface area contributed by atoms with Crippen molar-refractivity contribution in [1.82, 2.24) is 0 Å². The van der Waals surface area contributed by atoms with Crippen molar-refractivity contribution in [2.24, 2.45) is 0 Å². The van der Waals surface area contributed by atoms with Crippen molar-refractivity contribution >= 4 is 26.4 Å². The molecule has 1 rings (SSSR count). The second-order valence-corrected chi connectivity index (χ2v) is 4.54. The fourth-order valence-corrected chi connectivity index (χ4v) is 1.41. The number of benzene rings is 1. The molecule has 0 saturated carbocycles. The lowest BCUT2D eigenvalue weighted by molar-refractivity contribution is 0.615. The van der Waals surface area contributed by atoms with Crippen molar-refractivity contribution in [3.05, 3.63) is 30.3 Å². The van der Waals surface area contributed by atoms with Gasteiger partial charge in [-0.15, -0.1) is 0 Å². The highest BCUT2D eigenvalue weighted by Crippen LogP contribution is 2.08. The van der Waals surface area contributed by atoms with Crippen LogP contribution in [-0.2, 0) is 9.06 Å². The molecule has 0 aromatic heterocycles. The van der Waals surface area contributed by atoms with Crippen LogP contribution in [0.2, 0.25) is 0 Å². The molecule has 5 heteroatoms. The first-order valence-corrected chi connectivity index (χ1v) is 5.42. The molecule has 0 fully saturated rings. The summed E-state index contributed by atoms with van der Waals surface area (Å²) in [7, 11) is -3.43. The topological polar surface area (TPSA) is 46.2 Å². The van der Waals surface area contributed by atoms with Gasteiger partial charge in [-0.25, -0.2) is 0 Å². The smallest absolute Gasteiger partial charge is 0.275 e. The summed E-state index contributed by atoms with van der Waals surface area (Å²) in [5, 5.41) is 0. The zero-order chi connectivity index (χ0) is 8.32. The van der Waals surface area contributed by atoms with Gasteiger partial charge >= 0.3 is 0 Å². The Bertz CT molecular complexity index is 320. The van der Waals surface area contributed by atoms with E-state index in [1.807, 2.05) is 0 Å². The van der Waals surface area contributed by atoms with Gasteiger partial charge in [0.05, 0.1) is 0 Å². The summed E-state index contributed by atoms with van der Waals surface area (Å²) in [6.07, 6.45) is 0. The molecule has 1 aromatic rings. The highest BCUT2D eigenvalue weighted by atomic mass is 33.1. The number of thiol groups is 1. The lowest BCUT2D eigenvalue weighted by Gasteiger charge is -2.00. The number of hydrogen-bond acceptors (Lipinski definition) is 2. The van der Waals surface area contributed by atoms with Crippen molar-refractivity contribution in [3.63, 3.8) is 0 Å². The summed E-state index contributed by atoms with van der Waals surface area (Å²) in [5.41, 5.74) is 0.516. The predicted octanol–water partition coefficient (Wildman–Crippen LogP) is 1.27. The quantitative estimate of drug-likeness (QED) is 0.543. The monoisotopic (exact) mass is 189 g/mol. The molecular weight excluding hydrogens is 182 g/mol. The first-order chi connectivity index (χ1) is 5.08. The van der Waals surface area contributed by atoms with Gasteiger partial charge in [0.1, 0.15) is 0 Å². The summed E-state index contributed by atoms with van der Waals surface area (Å²) in [4.78, 5) is 0. The van der Waals surface area contributed by atoms with Crippen LogP contribution in [0.4, 0.5) is 5.69 Å². The van der Waals surface area contributed by atoms with Gasteiger partial charge in [-0.05, 0) is 23.8 Å². The van der Waals surface area contributed by atoms with Crippen molar-refractivity contribution in [1.29, 1.82) is 0 Å². The molecule has 0 bridgehead atoms. The van der Waals surface area contributed by atoms with Gasteiger partial charge in [0.2, 0.25) is 0 Å². The number of rotatable bonds is 2. The van der Waals surface area contributed by atoms with Crippen LogP contribution in [0, 0.1) is 0 Å². The first kappa shape index (κ1) is 8.42. The molecular formula is C6H7NO2S2. The standard InChI is InChI=1S/C6H7NO2S2/c8-11(9,10)7-6-4-2-1-3-5-6/h1-5,7H,(H,8,9,10). The van der Waals surface area contributed by atoms with Crippen LogP contribution in [0.25, 0.3) is 0 Å². The second kappa shape index (κ2) is 3.15. The molecule has 0 unspecified atom stereocenters. The molecule has 0 aliphatic carbocycles. The Labute approximate surface area is 70.3 Å². The fraction of sp³-hybridized carbons (Fsp3) is 0. The molecule has 0 atom stereocenters. The molecule has 0 saturated heterocycles. The van der Waals surface area contributed by atoms with E-state index in [0.717, 1.165) is 0 Å². The van der Waals surface area contributed by atoms with E-state index in [0.29, 0.717) is 5.69 Å². The lowest BCUT2D eigenvalue weighted by Crippen LogP contribution is -2.03. The summed E-state index contributed by atoms with van der Waals surface area (Å²) in [5.74, 6) is 0. The molecule has 0 heterocycles. The predicted molar refractivity (Wildman–Crippen MR) is 48.0 cm³/mol. The van der Waals surface area contributed by atoms with E-state index < -0.39 is 9.06 Å². The van der Waals surface area contributed by atoms with Crippen molar-refractivity contribution in [2.45, 2.75) is 0 Å². The Morgan fingerprint density at radius 2 is 1.73 bits per heavy atom. The van der Waals surface area contributed by atoms with Crippen LogP contribution < -0.4 is 4.72 Å². The van der Waals surface area contributed by atoms with Crippen LogP contribution >= 0.6 is 11.7 Å². The minimum Gasteiger partial charge on any atom is -0.275 e. The van der Waals surface area contributed by atoms with E-state index in [4.69, 9.17) is 0 Å². The first-order valence-electron chi connectivity index (χ1n) is 2.88. The molecule has 1 aromatic carbocycles. The number of para-hydroxylation sites is 1. The zero-order valence-corrected chi connectivity index (χ0v) is 7.27. The van der Waals surface area contributed by atoms with E-state index in [9.17, 15) is 8.42 Å². The molecule has 0 radical (unpaired) electrons. The van der Waals surface area contributed by atoms with Crippen LogP contribution in [0.15, 0.2) is 30.3 Å². The van der Waals surface area contributed by atoms with Crippen LogP contribution in [0.1, 0.15) is 0 Å². The van der Waals surface area contributed by atoms with Gasteiger partial charge in [0, 0.05) is 5.69 Å². The Morgan fingerprint density at radius 1 is 1.18 bits per heavy atom. The molecule has 3 nitrogen and oxygen atoms in total. The maximum absolute atomic E-state index is 10.6. The average Bonchev–Trinajstić information content (AvgIpc) is 1.85. The lowest BCUT2D eigenvalue weighted by atomic mass is 10.3. The Balaban J connectivity index is 2.82. The molecule has 0 spiro atoms. The summed E-state index contributed by atoms with van der Waals surface area (Å²) in [6, 6.07) is 8.57. The molecule has 0 aliphatic heterocycles. The molecule has 0 amide bonds. The minimum absolute atomic E-state index is 0.516. The highest BCUT2D eigenvalue weighted by Gasteiger charge is 1.99. The third-order valence-electron chi connectivity index (χ3n) is 1.02. The Morgan fingerprint density at radius 3 is 2.18 bits per heavy atom. The van der Waals surface area contributed by atoms with Gasteiger partial charge in [0.15, 0.2) is 0 Å². The van der Waals surface area contributed by atoms with E-state index in [1.165, 1.54) is 0 Å². The average molecular weight is 189 g/mol. The minimum atomic E-state index is -3.43. The second-order valence-electron chi connectivity index (χ2n) is 1.94. The largest absolute Gasteiger partial charge is 0.283 e. The molecule has 11 heavy (non-hydrogen) atoms. The van der Waals surface area contributed by atoms with Crippen LogP contribution in [-0.4, -0.2) is 8.42 Å². The van der Waals surface area contributed by atoms with Crippen molar-refractivity contribution < 1.29 is 8.42 Å². The third kappa shape index (κ3) is 3.29. The van der Waals surface area contributed by atoms with Gasteiger partial charge in [0.25, 0.3) is 9.06 Å². The SMILES string of the molecule is O=S(=O)(S)Nc1ccccc1. The maximum Gasteiger partial charge on any atom is 0.283 e. The van der Waals surface area contributed by atoms with Crippen LogP contribution in [0.5, 0.6) is 0 Å².